The molecule has 1 rings (SSSR count). The van der Waals surface area contributed by atoms with Gasteiger partial charge in [-0.1, -0.05) is 44.1 Å². The van der Waals surface area contributed by atoms with E-state index in [1.807, 2.05) is 0 Å². The molecule has 0 unspecified atom stereocenters. The minimum absolute atomic E-state index is 0.826. The summed E-state index contributed by atoms with van der Waals surface area (Å²) in [5.74, 6) is 1.55. The van der Waals surface area contributed by atoms with E-state index in [1.165, 1.54) is 24.8 Å². The molecule has 3 heteroatoms. The van der Waals surface area contributed by atoms with Crippen molar-refractivity contribution in [2.45, 2.75) is 40.0 Å². The third kappa shape index (κ3) is 5.14. The van der Waals surface area contributed by atoms with E-state index in [0.29, 0.717) is 0 Å². The van der Waals surface area contributed by atoms with Gasteiger partial charge < -0.3 is 0 Å². The first kappa shape index (κ1) is 14.9. The van der Waals surface area contributed by atoms with Gasteiger partial charge in [-0.2, -0.15) is 0 Å². The fraction of sp³-hybridized carbons (Fsp3) is 0.545. The molecule has 0 N–H and O–H groups in total. The Labute approximate surface area is 106 Å². The van der Waals surface area contributed by atoms with Crippen LogP contribution in [0.25, 0.3) is 0 Å². The van der Waals surface area contributed by atoms with Crippen molar-refractivity contribution in [3.05, 3.63) is 29.2 Å². The Morgan fingerprint density at radius 2 is 1.57 bits per heavy atom. The number of rotatable bonds is 3. The van der Waals surface area contributed by atoms with Crippen LogP contribution in [0, 0.1) is 5.92 Å². The van der Waals surface area contributed by atoms with E-state index in [0.717, 1.165) is 0 Å². The molecule has 79 valence electrons. The number of hydrogen-bond donors (Lipinski definition) is 0. The van der Waals surface area contributed by atoms with Gasteiger partial charge >= 0.3 is 37.9 Å². The number of allylic oxidation sites excluding steroid dienone is 4. The zero-order valence-corrected chi connectivity index (χ0v) is 13.0. The topological polar surface area (TPSA) is 0 Å². The van der Waals surface area contributed by atoms with Crippen LogP contribution in [0.1, 0.15) is 40.0 Å². The van der Waals surface area contributed by atoms with Crippen molar-refractivity contribution in [3.63, 3.8) is 0 Å². The maximum atomic E-state index is 4.93. The van der Waals surface area contributed by atoms with Crippen molar-refractivity contribution in [2.75, 3.05) is 0 Å². The Morgan fingerprint density at radius 1 is 1.00 bits per heavy atom. The molecule has 0 amide bonds. The Bertz CT molecular complexity index is 209. The zero-order chi connectivity index (χ0) is 11.0. The molecular formula is C11H17Cl2Zr. The van der Waals surface area contributed by atoms with Gasteiger partial charge in [-0.05, 0) is 19.3 Å². The predicted molar refractivity (Wildman–Crippen MR) is 62.0 cm³/mol. The van der Waals surface area contributed by atoms with Crippen molar-refractivity contribution >= 4 is 17.0 Å². The summed E-state index contributed by atoms with van der Waals surface area (Å²) in [5, 5.41) is 0. The Kier molecular flexibility index (Phi) is 9.81. The summed E-state index contributed by atoms with van der Waals surface area (Å²) in [7, 11) is 9.87. The molecule has 0 aromatic carbocycles. The van der Waals surface area contributed by atoms with Gasteiger partial charge in [0.05, 0.1) is 0 Å². The summed E-state index contributed by atoms with van der Waals surface area (Å²) >= 11 is -0.826. The summed E-state index contributed by atoms with van der Waals surface area (Å²) in [6, 6.07) is 0. The standard InChI is InChI=1S/C11H17.2ClH.Zr/c1-4-9-7-10(5-2)11(6-3)8-9;;;/h7-8H,4-6H2,1-3H3;2*1H;/q;;;+2/p-2. The molecule has 0 aromatic heterocycles. The second-order valence-corrected chi connectivity index (χ2v) is 6.78. The first-order valence-corrected chi connectivity index (χ1v) is 11.3. The van der Waals surface area contributed by atoms with Crippen LogP contribution in [0.4, 0.5) is 0 Å². The quantitative estimate of drug-likeness (QED) is 0.685. The van der Waals surface area contributed by atoms with Crippen molar-refractivity contribution in [1.29, 1.82) is 0 Å². The van der Waals surface area contributed by atoms with Gasteiger partial charge in [0, 0.05) is 5.92 Å². The molecule has 0 spiro atoms. The molecule has 0 atom stereocenters. The summed E-state index contributed by atoms with van der Waals surface area (Å²) < 4.78 is 0. The average Bonchev–Trinajstić information content (AvgIpc) is 2.61. The SMILES string of the molecule is CC[C]1C=C(CC)C=C1CC.[Cl][Zr][Cl]. The summed E-state index contributed by atoms with van der Waals surface area (Å²) in [6.45, 7) is 6.68. The molecule has 0 nitrogen and oxygen atoms in total. The van der Waals surface area contributed by atoms with Crippen LogP contribution in [-0.2, 0) is 20.8 Å². The fourth-order valence-electron chi connectivity index (χ4n) is 1.54. The van der Waals surface area contributed by atoms with Gasteiger partial charge in [-0.3, -0.25) is 0 Å². The molecule has 0 aliphatic heterocycles. The Hall–Kier alpha value is 0.943. The molecule has 1 radical (unpaired) electrons. The second kappa shape index (κ2) is 9.19. The Balaban J connectivity index is 0.000000500. The van der Waals surface area contributed by atoms with Crippen LogP contribution in [-0.4, -0.2) is 0 Å². The molecule has 0 bridgehead atoms. The summed E-state index contributed by atoms with van der Waals surface area (Å²) in [4.78, 5) is 0. The van der Waals surface area contributed by atoms with Crippen molar-refractivity contribution in [1.82, 2.24) is 0 Å². The number of halogens is 2. The van der Waals surface area contributed by atoms with Crippen LogP contribution >= 0.6 is 17.0 Å². The van der Waals surface area contributed by atoms with Crippen LogP contribution in [0.3, 0.4) is 0 Å². The van der Waals surface area contributed by atoms with Crippen LogP contribution in [0.15, 0.2) is 23.3 Å². The van der Waals surface area contributed by atoms with E-state index in [4.69, 9.17) is 17.0 Å². The molecule has 1 aliphatic carbocycles. The Morgan fingerprint density at radius 3 is 1.86 bits per heavy atom. The van der Waals surface area contributed by atoms with Crippen LogP contribution < -0.4 is 0 Å². The van der Waals surface area contributed by atoms with Crippen molar-refractivity contribution in [3.8, 4) is 0 Å². The normalized spacial score (nSPS) is 15.5. The van der Waals surface area contributed by atoms with E-state index < -0.39 is 20.8 Å². The minimum atomic E-state index is -0.826. The van der Waals surface area contributed by atoms with Crippen molar-refractivity contribution < 1.29 is 20.8 Å². The third-order valence-electron chi connectivity index (χ3n) is 2.30. The molecule has 1 aliphatic rings. The zero-order valence-electron chi connectivity index (χ0n) is 9.03. The first-order valence-electron chi connectivity index (χ1n) is 4.96. The molecule has 14 heavy (non-hydrogen) atoms. The monoisotopic (exact) mass is 309 g/mol. The van der Waals surface area contributed by atoms with E-state index in [1.54, 1.807) is 11.5 Å². The van der Waals surface area contributed by atoms with E-state index in [9.17, 15) is 0 Å². The predicted octanol–water partition coefficient (Wildman–Crippen LogP) is 5.03. The van der Waals surface area contributed by atoms with Gasteiger partial charge in [-0.25, -0.2) is 0 Å². The molecule has 0 saturated heterocycles. The molecule has 0 fully saturated rings. The van der Waals surface area contributed by atoms with Gasteiger partial charge in [0.1, 0.15) is 0 Å². The van der Waals surface area contributed by atoms with Crippen LogP contribution in [0.2, 0.25) is 0 Å². The van der Waals surface area contributed by atoms with Gasteiger partial charge in [0.15, 0.2) is 0 Å². The molecule has 0 saturated carbocycles. The maximum absolute atomic E-state index is 4.93. The van der Waals surface area contributed by atoms with Gasteiger partial charge in [0.25, 0.3) is 0 Å². The number of hydrogen-bond acceptors (Lipinski definition) is 0. The average molecular weight is 311 g/mol. The summed E-state index contributed by atoms with van der Waals surface area (Å²) in [5.41, 5.74) is 3.04. The van der Waals surface area contributed by atoms with E-state index >= 15 is 0 Å². The third-order valence-corrected chi connectivity index (χ3v) is 2.30. The van der Waals surface area contributed by atoms with E-state index in [2.05, 4.69) is 32.9 Å². The second-order valence-electron chi connectivity index (χ2n) is 3.05. The van der Waals surface area contributed by atoms with E-state index in [-0.39, 0.29) is 0 Å². The fourth-order valence-corrected chi connectivity index (χ4v) is 1.54. The molecule has 0 heterocycles. The van der Waals surface area contributed by atoms with Gasteiger partial charge in [-0.15, -0.1) is 0 Å². The van der Waals surface area contributed by atoms with Gasteiger partial charge in [0.2, 0.25) is 0 Å². The van der Waals surface area contributed by atoms with Crippen molar-refractivity contribution in [2.24, 2.45) is 0 Å². The first-order chi connectivity index (χ1) is 6.73. The molecule has 0 aromatic rings. The molecular weight excluding hydrogens is 294 g/mol. The van der Waals surface area contributed by atoms with Crippen LogP contribution in [0.5, 0.6) is 0 Å². The summed E-state index contributed by atoms with van der Waals surface area (Å²) in [6.07, 6.45) is 8.23.